The molecule has 7 atom stereocenters. The Morgan fingerprint density at radius 2 is 2.04 bits per heavy atom. The van der Waals surface area contributed by atoms with E-state index in [2.05, 4.69) is 6.92 Å². The summed E-state index contributed by atoms with van der Waals surface area (Å²) < 4.78 is 0. The smallest absolute Gasteiger partial charge is 0.161 e. The van der Waals surface area contributed by atoms with Crippen LogP contribution in [0.5, 0.6) is 0 Å². The maximum Gasteiger partial charge on any atom is 0.161 e. The third-order valence-electron chi connectivity index (χ3n) is 7.81. The molecule has 4 nitrogen and oxygen atoms in total. The Kier molecular flexibility index (Phi) is 3.96. The molecule has 0 heterocycles. The molecule has 0 spiro atoms. The molecular formula is C20H28O4. The molecule has 3 saturated carbocycles. The van der Waals surface area contributed by atoms with Gasteiger partial charge in [0.2, 0.25) is 0 Å². The third-order valence-corrected chi connectivity index (χ3v) is 7.81. The molecule has 3 fully saturated rings. The second-order valence-electron chi connectivity index (χ2n) is 8.75. The number of allylic oxidation sites excluding steroid dienone is 1. The minimum atomic E-state index is -0.398. The standard InChI is InChI=1S/C20H28O4/c1-20-9-17(23)19-13-5-3-12(22)8-11(13)2-4-14(19)15(20)6-7-16(20)18(24)10-21/h8,13-17,19,21,23H,2-7,9-10H2,1H3. The number of Topliss-reactive ketones (excluding diaryl/α,β-unsaturated/α-hetero) is 1. The minimum Gasteiger partial charge on any atom is -0.393 e. The number of carbonyl (C=O) groups excluding carboxylic acids is 2. The van der Waals surface area contributed by atoms with E-state index in [0.717, 1.165) is 32.1 Å². The minimum absolute atomic E-state index is 0.0506. The van der Waals surface area contributed by atoms with Gasteiger partial charge in [-0.05, 0) is 73.7 Å². The summed E-state index contributed by atoms with van der Waals surface area (Å²) in [4.78, 5) is 24.0. The Bertz CT molecular complexity index is 594. The van der Waals surface area contributed by atoms with Gasteiger partial charge in [-0.15, -0.1) is 0 Å². The van der Waals surface area contributed by atoms with Crippen molar-refractivity contribution in [2.24, 2.45) is 35.0 Å². The molecule has 0 aromatic rings. The first-order chi connectivity index (χ1) is 11.5. The van der Waals surface area contributed by atoms with Crippen LogP contribution in [0.1, 0.15) is 51.9 Å². The van der Waals surface area contributed by atoms with E-state index in [9.17, 15) is 19.8 Å². The van der Waals surface area contributed by atoms with Crippen molar-refractivity contribution in [1.82, 2.24) is 0 Å². The SMILES string of the molecule is CC12CC(O)C3C4CCC(=O)C=C4CCC3C1CCC2C(=O)CO. The summed E-state index contributed by atoms with van der Waals surface area (Å²) in [6, 6.07) is 0. The summed E-state index contributed by atoms with van der Waals surface area (Å²) in [5, 5.41) is 20.3. The second-order valence-corrected chi connectivity index (χ2v) is 8.75. The lowest BCUT2D eigenvalue weighted by Crippen LogP contribution is -2.53. The highest BCUT2D eigenvalue weighted by atomic mass is 16.3. The van der Waals surface area contributed by atoms with Gasteiger partial charge in [-0.25, -0.2) is 0 Å². The number of carbonyl (C=O) groups is 2. The number of fused-ring (bicyclic) bond motifs is 5. The van der Waals surface area contributed by atoms with Crippen molar-refractivity contribution < 1.29 is 19.8 Å². The molecule has 0 aromatic carbocycles. The zero-order chi connectivity index (χ0) is 17.1. The van der Waals surface area contributed by atoms with Crippen LogP contribution < -0.4 is 0 Å². The number of aliphatic hydroxyl groups is 2. The number of ketones is 2. The van der Waals surface area contributed by atoms with Gasteiger partial charge in [-0.3, -0.25) is 9.59 Å². The fourth-order valence-corrected chi connectivity index (χ4v) is 6.90. The van der Waals surface area contributed by atoms with Crippen molar-refractivity contribution in [3.05, 3.63) is 11.6 Å². The van der Waals surface area contributed by atoms with Crippen LogP contribution >= 0.6 is 0 Å². The summed E-state index contributed by atoms with van der Waals surface area (Å²) >= 11 is 0. The van der Waals surface area contributed by atoms with Crippen LogP contribution in [0.2, 0.25) is 0 Å². The van der Waals surface area contributed by atoms with E-state index in [1.165, 1.54) is 5.57 Å². The molecule has 4 rings (SSSR count). The zero-order valence-electron chi connectivity index (χ0n) is 14.4. The van der Waals surface area contributed by atoms with Crippen molar-refractivity contribution in [1.29, 1.82) is 0 Å². The molecule has 2 N–H and O–H groups in total. The molecule has 0 aliphatic heterocycles. The average molecular weight is 332 g/mol. The fraction of sp³-hybridized carbons (Fsp3) is 0.800. The van der Waals surface area contributed by atoms with E-state index in [1.807, 2.05) is 6.08 Å². The number of hydrogen-bond acceptors (Lipinski definition) is 4. The highest BCUT2D eigenvalue weighted by Gasteiger charge is 2.60. The van der Waals surface area contributed by atoms with Crippen LogP contribution in [0.25, 0.3) is 0 Å². The lowest BCUT2D eigenvalue weighted by molar-refractivity contribution is -0.139. The first-order valence-electron chi connectivity index (χ1n) is 9.50. The van der Waals surface area contributed by atoms with Crippen LogP contribution in [0.15, 0.2) is 11.6 Å². The van der Waals surface area contributed by atoms with Gasteiger partial charge in [0.25, 0.3) is 0 Å². The van der Waals surface area contributed by atoms with E-state index in [4.69, 9.17) is 0 Å². The predicted molar refractivity (Wildman–Crippen MR) is 89.1 cm³/mol. The lowest BCUT2D eigenvalue weighted by Gasteiger charge is -2.55. The van der Waals surface area contributed by atoms with Crippen molar-refractivity contribution in [3.8, 4) is 0 Å². The van der Waals surface area contributed by atoms with Gasteiger partial charge in [0.15, 0.2) is 11.6 Å². The third kappa shape index (κ3) is 2.26. The number of hydrogen-bond donors (Lipinski definition) is 2. The quantitative estimate of drug-likeness (QED) is 0.813. The molecule has 0 amide bonds. The van der Waals surface area contributed by atoms with Crippen LogP contribution in [-0.2, 0) is 9.59 Å². The lowest BCUT2D eigenvalue weighted by atomic mass is 9.50. The summed E-state index contributed by atoms with van der Waals surface area (Å²) in [6.45, 7) is 1.78. The molecule has 24 heavy (non-hydrogen) atoms. The van der Waals surface area contributed by atoms with Crippen molar-refractivity contribution in [3.63, 3.8) is 0 Å². The van der Waals surface area contributed by atoms with E-state index < -0.39 is 6.10 Å². The monoisotopic (exact) mass is 332 g/mol. The molecule has 0 aromatic heterocycles. The predicted octanol–water partition coefficient (Wildman–Crippen LogP) is 2.28. The first kappa shape index (κ1) is 16.5. The maximum absolute atomic E-state index is 12.2. The Balaban J connectivity index is 1.65. The Hall–Kier alpha value is -1.00. The van der Waals surface area contributed by atoms with Gasteiger partial charge < -0.3 is 10.2 Å². The van der Waals surface area contributed by atoms with Crippen molar-refractivity contribution >= 4 is 11.6 Å². The summed E-state index contributed by atoms with van der Waals surface area (Å²) in [5.41, 5.74) is 1.09. The number of rotatable bonds is 2. The van der Waals surface area contributed by atoms with Crippen LogP contribution in [-0.4, -0.2) is 34.5 Å². The molecule has 0 bridgehead atoms. The van der Waals surface area contributed by atoms with Crippen LogP contribution in [0, 0.1) is 35.0 Å². The van der Waals surface area contributed by atoms with Gasteiger partial charge in [0, 0.05) is 12.3 Å². The van der Waals surface area contributed by atoms with Crippen molar-refractivity contribution in [2.75, 3.05) is 6.61 Å². The van der Waals surface area contributed by atoms with E-state index in [1.54, 1.807) is 0 Å². The fourth-order valence-electron chi connectivity index (χ4n) is 6.90. The molecule has 4 heteroatoms. The molecule has 7 unspecified atom stereocenters. The Labute approximate surface area is 143 Å². The first-order valence-corrected chi connectivity index (χ1v) is 9.50. The normalized spacial score (nSPS) is 47.5. The highest BCUT2D eigenvalue weighted by molar-refractivity contribution is 5.91. The maximum atomic E-state index is 12.2. The highest BCUT2D eigenvalue weighted by Crippen LogP contribution is 2.63. The van der Waals surface area contributed by atoms with E-state index in [-0.39, 0.29) is 35.4 Å². The molecule has 0 radical (unpaired) electrons. The molecule has 4 aliphatic rings. The van der Waals surface area contributed by atoms with Crippen molar-refractivity contribution in [2.45, 2.75) is 58.0 Å². The van der Waals surface area contributed by atoms with Crippen LogP contribution in [0.3, 0.4) is 0 Å². The summed E-state index contributed by atoms with van der Waals surface area (Å²) in [7, 11) is 0. The van der Waals surface area contributed by atoms with Gasteiger partial charge in [-0.2, -0.15) is 0 Å². The topological polar surface area (TPSA) is 74.6 Å². The Morgan fingerprint density at radius 1 is 1.25 bits per heavy atom. The molecule has 132 valence electrons. The van der Waals surface area contributed by atoms with Gasteiger partial charge in [-0.1, -0.05) is 12.5 Å². The zero-order valence-corrected chi connectivity index (χ0v) is 14.4. The van der Waals surface area contributed by atoms with Gasteiger partial charge in [0.05, 0.1) is 6.10 Å². The molecular weight excluding hydrogens is 304 g/mol. The van der Waals surface area contributed by atoms with Crippen LogP contribution in [0.4, 0.5) is 0 Å². The summed E-state index contributed by atoms with van der Waals surface area (Å²) in [6.07, 6.45) is 7.47. The average Bonchev–Trinajstić information content (AvgIpc) is 2.90. The van der Waals surface area contributed by atoms with Gasteiger partial charge in [0.1, 0.15) is 6.61 Å². The number of aliphatic hydroxyl groups excluding tert-OH is 2. The largest absolute Gasteiger partial charge is 0.393 e. The molecule has 0 saturated heterocycles. The second kappa shape index (κ2) is 5.77. The Morgan fingerprint density at radius 3 is 2.79 bits per heavy atom. The van der Waals surface area contributed by atoms with E-state index >= 15 is 0 Å². The summed E-state index contributed by atoms with van der Waals surface area (Å²) in [5.74, 6) is 1.60. The molecule has 4 aliphatic carbocycles. The van der Waals surface area contributed by atoms with Gasteiger partial charge >= 0.3 is 0 Å². The van der Waals surface area contributed by atoms with E-state index in [0.29, 0.717) is 30.6 Å².